The number of aliphatic hydroxyl groups is 1. The lowest BCUT2D eigenvalue weighted by atomic mass is 10.1. The molecule has 1 aliphatic rings. The average Bonchev–Trinajstić information content (AvgIpc) is 1.90. The van der Waals surface area contributed by atoms with Gasteiger partial charge in [0, 0.05) is 0 Å². The molecule has 1 fully saturated rings. The van der Waals surface area contributed by atoms with Crippen molar-refractivity contribution in [1.29, 1.82) is 0 Å². The lowest BCUT2D eigenvalue weighted by Gasteiger charge is -2.27. The Morgan fingerprint density at radius 1 is 1.44 bits per heavy atom. The highest BCUT2D eigenvalue weighted by Gasteiger charge is 2.26. The fraction of sp³-hybridized carbons (Fsp3) is 1.00. The van der Waals surface area contributed by atoms with E-state index in [0.29, 0.717) is 12.8 Å². The highest BCUT2D eigenvalue weighted by Crippen LogP contribution is 2.28. The minimum absolute atomic E-state index is 0.645. The predicted octanol–water partition coefficient (Wildman–Crippen LogP) is -0.185. The van der Waals surface area contributed by atoms with Crippen LogP contribution in [0.25, 0.3) is 0 Å². The molecule has 1 aliphatic heterocycles. The number of hydrogen-bond acceptors (Lipinski definition) is 3. The summed E-state index contributed by atoms with van der Waals surface area (Å²) in [5, 5.41) is 11.6. The van der Waals surface area contributed by atoms with Gasteiger partial charge in [-0.3, -0.25) is 0 Å². The molecular weight excluding hydrogens is 137 g/mol. The maximum Gasteiger partial charge on any atom is 0.115 e. The molecule has 0 aromatic heterocycles. The summed E-state index contributed by atoms with van der Waals surface area (Å²) in [5.74, 6) is 0. The van der Waals surface area contributed by atoms with Gasteiger partial charge < -0.3 is 15.0 Å². The lowest BCUT2D eigenvalue weighted by Crippen LogP contribution is -2.37. The second-order valence-electron chi connectivity index (χ2n) is 2.47. The molecule has 0 spiro atoms. The highest BCUT2D eigenvalue weighted by atomic mass is 31.1. The van der Waals surface area contributed by atoms with Crippen LogP contribution in [0.5, 0.6) is 0 Å². The van der Waals surface area contributed by atoms with Gasteiger partial charge in [-0.1, -0.05) is 0 Å². The van der Waals surface area contributed by atoms with Crippen molar-refractivity contribution in [1.82, 2.24) is 5.32 Å². The molecular formula is C5H12NO2P. The van der Waals surface area contributed by atoms with Gasteiger partial charge in [0.2, 0.25) is 0 Å². The van der Waals surface area contributed by atoms with Crippen molar-refractivity contribution in [2.24, 2.45) is 0 Å². The van der Waals surface area contributed by atoms with Crippen molar-refractivity contribution in [3.8, 4) is 0 Å². The van der Waals surface area contributed by atoms with E-state index in [1.165, 1.54) is 0 Å². The molecule has 0 bridgehead atoms. The second kappa shape index (κ2) is 2.82. The van der Waals surface area contributed by atoms with E-state index >= 15 is 0 Å². The third-order valence-corrected chi connectivity index (χ3v) is 2.70. The van der Waals surface area contributed by atoms with Gasteiger partial charge in [-0.15, -0.1) is 0 Å². The van der Waals surface area contributed by atoms with Gasteiger partial charge in [0.05, 0.1) is 8.46 Å². The van der Waals surface area contributed by atoms with Gasteiger partial charge in [-0.05, 0) is 25.9 Å². The fourth-order valence-corrected chi connectivity index (χ4v) is 1.50. The molecule has 1 rings (SSSR count). The fourth-order valence-electron chi connectivity index (χ4n) is 0.978. The van der Waals surface area contributed by atoms with Crippen LogP contribution < -0.4 is 5.32 Å². The second-order valence-corrected chi connectivity index (χ2v) is 3.78. The SMILES string of the molecule is O=[PH2]C1(O)CCNCC1. The Morgan fingerprint density at radius 2 is 2.00 bits per heavy atom. The van der Waals surface area contributed by atoms with E-state index in [0.717, 1.165) is 13.1 Å². The first-order valence-electron chi connectivity index (χ1n) is 3.16. The molecule has 1 atom stereocenters. The number of nitrogens with one attached hydrogen (secondary N) is 1. The molecule has 0 radical (unpaired) electrons. The minimum atomic E-state index is -1.02. The van der Waals surface area contributed by atoms with Gasteiger partial charge in [0.25, 0.3) is 0 Å². The van der Waals surface area contributed by atoms with Crippen LogP contribution >= 0.6 is 8.46 Å². The van der Waals surface area contributed by atoms with Crippen molar-refractivity contribution < 1.29 is 9.67 Å². The lowest BCUT2D eigenvalue weighted by molar-refractivity contribution is 0.0951. The largest absolute Gasteiger partial charge is 0.383 e. The van der Waals surface area contributed by atoms with E-state index in [1.807, 2.05) is 0 Å². The highest BCUT2D eigenvalue weighted by molar-refractivity contribution is 7.25. The van der Waals surface area contributed by atoms with Gasteiger partial charge >= 0.3 is 0 Å². The van der Waals surface area contributed by atoms with Crippen LogP contribution in [0, 0.1) is 0 Å². The number of piperidine rings is 1. The number of hydrogen-bond donors (Lipinski definition) is 2. The summed E-state index contributed by atoms with van der Waals surface area (Å²) in [7, 11) is -1.02. The zero-order chi connectivity index (χ0) is 6.74. The van der Waals surface area contributed by atoms with E-state index in [9.17, 15) is 9.67 Å². The standard InChI is InChI=1S/C5H12NO2P/c7-5(9-8)1-3-6-4-2-5/h6-7H,1-4,9H2. The van der Waals surface area contributed by atoms with Gasteiger partial charge in [0.15, 0.2) is 0 Å². The van der Waals surface area contributed by atoms with E-state index in [1.54, 1.807) is 0 Å². The maximum absolute atomic E-state index is 10.4. The van der Waals surface area contributed by atoms with Crippen LogP contribution in [0.4, 0.5) is 0 Å². The molecule has 54 valence electrons. The van der Waals surface area contributed by atoms with Gasteiger partial charge in [-0.2, -0.15) is 0 Å². The Kier molecular flexibility index (Phi) is 2.28. The van der Waals surface area contributed by atoms with Crippen molar-refractivity contribution in [2.45, 2.75) is 18.2 Å². The summed E-state index contributed by atoms with van der Waals surface area (Å²) in [6, 6.07) is 0. The van der Waals surface area contributed by atoms with Gasteiger partial charge in [0.1, 0.15) is 5.34 Å². The van der Waals surface area contributed by atoms with Crippen molar-refractivity contribution >= 4 is 8.46 Å². The zero-order valence-corrected chi connectivity index (χ0v) is 6.42. The first-order chi connectivity index (χ1) is 4.27. The molecule has 0 saturated carbocycles. The molecule has 2 N–H and O–H groups in total. The predicted molar refractivity (Wildman–Crippen MR) is 37.5 cm³/mol. The topological polar surface area (TPSA) is 49.3 Å². The molecule has 1 heterocycles. The van der Waals surface area contributed by atoms with Crippen molar-refractivity contribution in [3.05, 3.63) is 0 Å². The van der Waals surface area contributed by atoms with Crippen molar-refractivity contribution in [3.63, 3.8) is 0 Å². The molecule has 1 saturated heterocycles. The van der Waals surface area contributed by atoms with E-state index in [4.69, 9.17) is 0 Å². The molecule has 0 aromatic carbocycles. The van der Waals surface area contributed by atoms with Crippen LogP contribution in [0.3, 0.4) is 0 Å². The molecule has 0 amide bonds. The normalized spacial score (nSPS) is 27.2. The van der Waals surface area contributed by atoms with E-state index in [-0.39, 0.29) is 0 Å². The summed E-state index contributed by atoms with van der Waals surface area (Å²) in [6.45, 7) is 1.59. The third kappa shape index (κ3) is 1.78. The zero-order valence-electron chi connectivity index (χ0n) is 5.26. The first kappa shape index (κ1) is 7.26. The summed E-state index contributed by atoms with van der Waals surface area (Å²) in [5.41, 5.74) is 0. The van der Waals surface area contributed by atoms with Gasteiger partial charge in [-0.25, -0.2) is 0 Å². The molecule has 9 heavy (non-hydrogen) atoms. The Balaban J connectivity index is 2.46. The van der Waals surface area contributed by atoms with E-state index < -0.39 is 13.8 Å². The number of rotatable bonds is 1. The molecule has 0 aromatic rings. The monoisotopic (exact) mass is 149 g/mol. The summed E-state index contributed by atoms with van der Waals surface area (Å²) in [4.78, 5) is 0. The van der Waals surface area contributed by atoms with Crippen LogP contribution in [-0.2, 0) is 4.57 Å². The Bertz CT molecular complexity index is 112. The first-order valence-corrected chi connectivity index (χ1v) is 4.21. The van der Waals surface area contributed by atoms with E-state index in [2.05, 4.69) is 5.32 Å². The molecule has 4 heteroatoms. The van der Waals surface area contributed by atoms with Crippen molar-refractivity contribution in [2.75, 3.05) is 13.1 Å². The summed E-state index contributed by atoms with van der Waals surface area (Å²) < 4.78 is 10.4. The molecule has 0 aliphatic carbocycles. The van der Waals surface area contributed by atoms with Crippen LogP contribution in [0.1, 0.15) is 12.8 Å². The maximum atomic E-state index is 10.4. The Morgan fingerprint density at radius 3 is 2.33 bits per heavy atom. The molecule has 3 nitrogen and oxygen atoms in total. The summed E-state index contributed by atoms with van der Waals surface area (Å²) in [6.07, 6.45) is 1.29. The Hall–Kier alpha value is 0.150. The van der Waals surface area contributed by atoms with Crippen LogP contribution in [0.15, 0.2) is 0 Å². The molecule has 1 unspecified atom stereocenters. The third-order valence-electron chi connectivity index (χ3n) is 1.69. The smallest absolute Gasteiger partial charge is 0.115 e. The average molecular weight is 149 g/mol. The minimum Gasteiger partial charge on any atom is -0.383 e. The summed E-state index contributed by atoms with van der Waals surface area (Å²) >= 11 is 0. The quantitative estimate of drug-likeness (QED) is 0.508. The van der Waals surface area contributed by atoms with Crippen LogP contribution in [-0.4, -0.2) is 23.5 Å². The van der Waals surface area contributed by atoms with Crippen LogP contribution in [0.2, 0.25) is 0 Å². The Labute approximate surface area is 55.7 Å².